The summed E-state index contributed by atoms with van der Waals surface area (Å²) in [5.74, 6) is -0.117. The molecular formula is C16H15BrN4O. The van der Waals surface area contributed by atoms with E-state index in [0.717, 1.165) is 16.6 Å². The van der Waals surface area contributed by atoms with E-state index >= 15 is 0 Å². The number of benzene rings is 1. The molecule has 112 valence electrons. The Balaban J connectivity index is 1.56. The predicted octanol–water partition coefficient (Wildman–Crippen LogP) is 2.95. The van der Waals surface area contributed by atoms with Gasteiger partial charge in [-0.05, 0) is 33.1 Å². The molecule has 2 aromatic heterocycles. The van der Waals surface area contributed by atoms with Crippen molar-refractivity contribution < 1.29 is 4.79 Å². The highest BCUT2D eigenvalue weighted by atomic mass is 79.9. The molecule has 2 N–H and O–H groups in total. The Morgan fingerprint density at radius 2 is 2.05 bits per heavy atom. The number of hydrogen-bond acceptors (Lipinski definition) is 2. The molecule has 0 spiro atoms. The van der Waals surface area contributed by atoms with Crippen LogP contribution in [0.3, 0.4) is 0 Å². The van der Waals surface area contributed by atoms with E-state index in [9.17, 15) is 4.79 Å². The van der Waals surface area contributed by atoms with E-state index in [1.807, 2.05) is 22.9 Å². The van der Waals surface area contributed by atoms with E-state index in [1.54, 1.807) is 24.8 Å². The number of nitrogens with one attached hydrogen (secondary N) is 2. The van der Waals surface area contributed by atoms with E-state index in [1.165, 1.54) is 5.56 Å². The molecule has 5 nitrogen and oxygen atoms in total. The summed E-state index contributed by atoms with van der Waals surface area (Å²) in [6.45, 7) is 1.30. The average Bonchev–Trinajstić information content (AvgIpc) is 3.18. The number of aromatic nitrogens is 3. The van der Waals surface area contributed by atoms with Gasteiger partial charge in [0.2, 0.25) is 0 Å². The third kappa shape index (κ3) is 3.65. The van der Waals surface area contributed by atoms with Crippen molar-refractivity contribution in [1.29, 1.82) is 0 Å². The van der Waals surface area contributed by atoms with Gasteiger partial charge in [0.15, 0.2) is 0 Å². The van der Waals surface area contributed by atoms with E-state index in [4.69, 9.17) is 0 Å². The third-order valence-electron chi connectivity index (χ3n) is 3.29. The zero-order valence-electron chi connectivity index (χ0n) is 11.8. The van der Waals surface area contributed by atoms with Gasteiger partial charge in [-0.1, -0.05) is 24.3 Å². The van der Waals surface area contributed by atoms with Crippen LogP contribution in [-0.2, 0) is 13.1 Å². The standard InChI is InChI=1S/C16H15BrN4O/c17-14-7-15(19-9-14)16(22)20-8-12-1-3-13(4-2-12)10-21-6-5-18-11-21/h1-7,9,11,19H,8,10H2,(H,20,22). The highest BCUT2D eigenvalue weighted by Crippen LogP contribution is 2.11. The van der Waals surface area contributed by atoms with Crippen molar-refractivity contribution in [3.63, 3.8) is 0 Å². The molecule has 2 heterocycles. The number of H-pyrrole nitrogens is 1. The van der Waals surface area contributed by atoms with Gasteiger partial charge in [0, 0.05) is 36.2 Å². The van der Waals surface area contributed by atoms with Crippen molar-refractivity contribution in [3.05, 3.63) is 76.5 Å². The summed E-state index contributed by atoms with van der Waals surface area (Å²) >= 11 is 3.31. The van der Waals surface area contributed by atoms with Crippen molar-refractivity contribution in [1.82, 2.24) is 19.9 Å². The Labute approximate surface area is 136 Å². The number of imidazole rings is 1. The summed E-state index contributed by atoms with van der Waals surface area (Å²) < 4.78 is 2.88. The fourth-order valence-electron chi connectivity index (χ4n) is 2.13. The number of nitrogens with zero attached hydrogens (tertiary/aromatic N) is 2. The summed E-state index contributed by atoms with van der Waals surface area (Å²) in [5.41, 5.74) is 2.80. The largest absolute Gasteiger partial charge is 0.356 e. The molecule has 1 amide bonds. The Kier molecular flexibility index (Phi) is 4.39. The van der Waals surface area contributed by atoms with Crippen molar-refractivity contribution in [2.45, 2.75) is 13.1 Å². The van der Waals surface area contributed by atoms with Crippen molar-refractivity contribution in [3.8, 4) is 0 Å². The highest BCUT2D eigenvalue weighted by Gasteiger charge is 2.07. The summed E-state index contributed by atoms with van der Waals surface area (Å²) in [4.78, 5) is 18.9. The fourth-order valence-corrected chi connectivity index (χ4v) is 2.47. The van der Waals surface area contributed by atoms with Crippen LogP contribution < -0.4 is 5.32 Å². The van der Waals surface area contributed by atoms with E-state index in [-0.39, 0.29) is 5.91 Å². The van der Waals surface area contributed by atoms with Crippen molar-refractivity contribution in [2.75, 3.05) is 0 Å². The molecular weight excluding hydrogens is 344 g/mol. The number of carbonyl (C=O) groups is 1. The van der Waals surface area contributed by atoms with Crippen LogP contribution >= 0.6 is 15.9 Å². The molecule has 0 aliphatic rings. The average molecular weight is 359 g/mol. The first kappa shape index (κ1) is 14.6. The fraction of sp³-hybridized carbons (Fsp3) is 0.125. The maximum absolute atomic E-state index is 11.9. The van der Waals surface area contributed by atoms with Crippen molar-refractivity contribution >= 4 is 21.8 Å². The summed E-state index contributed by atoms with van der Waals surface area (Å²) in [6, 6.07) is 9.93. The van der Waals surface area contributed by atoms with Gasteiger partial charge in [-0.25, -0.2) is 4.98 Å². The number of hydrogen-bond donors (Lipinski definition) is 2. The Morgan fingerprint density at radius 1 is 1.27 bits per heavy atom. The zero-order valence-corrected chi connectivity index (χ0v) is 13.4. The molecule has 22 heavy (non-hydrogen) atoms. The second kappa shape index (κ2) is 6.62. The molecule has 0 unspecified atom stereocenters. The molecule has 0 bridgehead atoms. The number of amides is 1. The minimum atomic E-state index is -0.117. The molecule has 0 atom stereocenters. The summed E-state index contributed by atoms with van der Waals surface area (Å²) in [5, 5.41) is 2.89. The summed E-state index contributed by atoms with van der Waals surface area (Å²) in [6.07, 6.45) is 7.23. The van der Waals surface area contributed by atoms with Gasteiger partial charge in [-0.15, -0.1) is 0 Å². The van der Waals surface area contributed by atoms with Crippen LogP contribution in [0.1, 0.15) is 21.6 Å². The van der Waals surface area contributed by atoms with Crippen LogP contribution in [-0.4, -0.2) is 20.4 Å². The number of carbonyl (C=O) groups excluding carboxylic acids is 1. The van der Waals surface area contributed by atoms with Crippen LogP contribution in [0.2, 0.25) is 0 Å². The SMILES string of the molecule is O=C(NCc1ccc(Cn2ccnc2)cc1)c1cc(Br)c[nH]1. The van der Waals surface area contributed by atoms with Gasteiger partial charge in [0.1, 0.15) is 5.69 Å². The normalized spacial score (nSPS) is 10.6. The van der Waals surface area contributed by atoms with Gasteiger partial charge in [-0.2, -0.15) is 0 Å². The maximum atomic E-state index is 11.9. The number of rotatable bonds is 5. The van der Waals surface area contributed by atoms with Crippen LogP contribution in [0.15, 0.2) is 59.7 Å². The van der Waals surface area contributed by atoms with E-state index < -0.39 is 0 Å². The second-order valence-corrected chi connectivity index (χ2v) is 5.88. The lowest BCUT2D eigenvalue weighted by atomic mass is 10.1. The third-order valence-corrected chi connectivity index (χ3v) is 3.75. The van der Waals surface area contributed by atoms with Gasteiger partial charge in [0.25, 0.3) is 5.91 Å². The number of halogens is 1. The molecule has 0 aliphatic carbocycles. The Morgan fingerprint density at radius 3 is 2.68 bits per heavy atom. The molecule has 0 saturated heterocycles. The molecule has 3 rings (SSSR count). The highest BCUT2D eigenvalue weighted by molar-refractivity contribution is 9.10. The summed E-state index contributed by atoms with van der Waals surface area (Å²) in [7, 11) is 0. The van der Waals surface area contributed by atoms with Crippen molar-refractivity contribution in [2.24, 2.45) is 0 Å². The van der Waals surface area contributed by atoms with Gasteiger partial charge in [0.05, 0.1) is 6.33 Å². The quantitative estimate of drug-likeness (QED) is 0.736. The Bertz CT molecular complexity index is 747. The van der Waals surface area contributed by atoms with Crippen LogP contribution in [0.5, 0.6) is 0 Å². The maximum Gasteiger partial charge on any atom is 0.267 e. The van der Waals surface area contributed by atoms with E-state index in [0.29, 0.717) is 12.2 Å². The smallest absolute Gasteiger partial charge is 0.267 e. The molecule has 0 saturated carbocycles. The Hall–Kier alpha value is -2.34. The second-order valence-electron chi connectivity index (χ2n) is 4.97. The van der Waals surface area contributed by atoms with Crippen LogP contribution in [0.4, 0.5) is 0 Å². The number of aromatic amines is 1. The van der Waals surface area contributed by atoms with Gasteiger partial charge >= 0.3 is 0 Å². The molecule has 3 aromatic rings. The topological polar surface area (TPSA) is 62.7 Å². The first-order chi connectivity index (χ1) is 10.7. The van der Waals surface area contributed by atoms with E-state index in [2.05, 4.69) is 43.3 Å². The molecule has 0 aliphatic heterocycles. The molecule has 1 aromatic carbocycles. The monoisotopic (exact) mass is 358 g/mol. The first-order valence-corrected chi connectivity index (χ1v) is 7.66. The van der Waals surface area contributed by atoms with Gasteiger partial charge in [-0.3, -0.25) is 4.79 Å². The lowest BCUT2D eigenvalue weighted by molar-refractivity contribution is 0.0946. The zero-order chi connectivity index (χ0) is 15.4. The minimum absolute atomic E-state index is 0.117. The van der Waals surface area contributed by atoms with Crippen LogP contribution in [0, 0.1) is 0 Å². The lowest BCUT2D eigenvalue weighted by Crippen LogP contribution is -2.23. The van der Waals surface area contributed by atoms with Crippen LogP contribution in [0.25, 0.3) is 0 Å². The molecule has 0 radical (unpaired) electrons. The predicted molar refractivity (Wildman–Crippen MR) is 87.4 cm³/mol. The minimum Gasteiger partial charge on any atom is -0.356 e. The lowest BCUT2D eigenvalue weighted by Gasteiger charge is -2.06. The first-order valence-electron chi connectivity index (χ1n) is 6.86. The molecule has 6 heteroatoms. The van der Waals surface area contributed by atoms with Gasteiger partial charge < -0.3 is 14.9 Å². The molecule has 0 fully saturated rings.